The zero-order chi connectivity index (χ0) is 19.4. The number of benzene rings is 1. The van der Waals surface area contributed by atoms with E-state index in [-0.39, 0.29) is 28.1 Å². The number of rotatable bonds is 7. The van der Waals surface area contributed by atoms with Gasteiger partial charge in [0.05, 0.1) is 15.8 Å². The van der Waals surface area contributed by atoms with Crippen LogP contribution in [0.2, 0.25) is 4.34 Å². The summed E-state index contributed by atoms with van der Waals surface area (Å²) in [6.45, 7) is 2.79. The summed E-state index contributed by atoms with van der Waals surface area (Å²) in [6.07, 6.45) is 0. The largest absolute Gasteiger partial charge is 0.455 e. The number of sulfone groups is 1. The Morgan fingerprint density at radius 2 is 1.85 bits per heavy atom. The van der Waals surface area contributed by atoms with Crippen molar-refractivity contribution >= 4 is 38.7 Å². The lowest BCUT2D eigenvalue weighted by atomic mass is 10.3. The summed E-state index contributed by atoms with van der Waals surface area (Å²) in [6, 6.07) is 14.9. The van der Waals surface area contributed by atoms with Gasteiger partial charge in [-0.05, 0) is 43.3 Å². The van der Waals surface area contributed by atoms with Crippen molar-refractivity contribution in [3.05, 3.63) is 75.3 Å². The van der Waals surface area contributed by atoms with E-state index in [4.69, 9.17) is 16.0 Å². The summed E-state index contributed by atoms with van der Waals surface area (Å²) >= 11 is 7.36. The van der Waals surface area contributed by atoms with E-state index in [1.165, 1.54) is 35.6 Å². The maximum Gasteiger partial charge on any atom is 0.289 e. The molecule has 0 N–H and O–H groups in total. The first-order valence-electron chi connectivity index (χ1n) is 8.29. The van der Waals surface area contributed by atoms with E-state index >= 15 is 0 Å². The fraction of sp³-hybridized carbons (Fsp3) is 0.211. The highest BCUT2D eigenvalue weighted by atomic mass is 35.5. The Hall–Kier alpha value is -2.09. The second-order valence-electron chi connectivity index (χ2n) is 5.86. The van der Waals surface area contributed by atoms with Crippen LogP contribution in [0.3, 0.4) is 0 Å². The molecule has 0 atom stereocenters. The second-order valence-corrected chi connectivity index (χ2v) is 9.65. The van der Waals surface area contributed by atoms with Crippen LogP contribution in [-0.2, 0) is 22.1 Å². The number of amides is 1. The Labute approximate surface area is 167 Å². The molecule has 5 nitrogen and oxygen atoms in total. The average Bonchev–Trinajstić information content (AvgIpc) is 3.28. The molecular formula is C19H18ClNO4S2. The van der Waals surface area contributed by atoms with Crippen molar-refractivity contribution in [2.24, 2.45) is 0 Å². The minimum atomic E-state index is -3.53. The van der Waals surface area contributed by atoms with Crippen molar-refractivity contribution in [2.45, 2.75) is 24.1 Å². The standard InChI is InChI=1S/C19H18ClNO4S2/c1-2-21(12-15-9-11-18(20)26-15)19(22)17-10-8-14(25-17)13-27(23,24)16-6-4-3-5-7-16/h3-11H,2,12-13H2,1H3. The molecule has 2 heterocycles. The van der Waals surface area contributed by atoms with Gasteiger partial charge in [0.25, 0.3) is 5.91 Å². The number of halogens is 1. The van der Waals surface area contributed by atoms with Gasteiger partial charge in [-0.25, -0.2) is 8.42 Å². The SMILES string of the molecule is CCN(Cc1ccc(Cl)s1)C(=O)c1ccc(CS(=O)(=O)c2ccccc2)o1. The smallest absolute Gasteiger partial charge is 0.289 e. The molecule has 8 heteroatoms. The van der Waals surface area contributed by atoms with Crippen molar-refractivity contribution in [3.63, 3.8) is 0 Å². The molecule has 0 fully saturated rings. The van der Waals surface area contributed by atoms with E-state index < -0.39 is 9.84 Å². The molecule has 3 rings (SSSR count). The number of nitrogens with zero attached hydrogens (tertiary/aromatic N) is 1. The highest BCUT2D eigenvalue weighted by Crippen LogP contribution is 2.24. The van der Waals surface area contributed by atoms with Gasteiger partial charge in [0.15, 0.2) is 15.6 Å². The molecule has 0 radical (unpaired) electrons. The molecule has 27 heavy (non-hydrogen) atoms. The molecule has 1 amide bonds. The van der Waals surface area contributed by atoms with Gasteiger partial charge < -0.3 is 9.32 Å². The van der Waals surface area contributed by atoms with Gasteiger partial charge in [-0.3, -0.25) is 4.79 Å². The third-order valence-electron chi connectivity index (χ3n) is 3.95. The molecule has 0 aliphatic carbocycles. The van der Waals surface area contributed by atoms with Crippen LogP contribution in [0, 0.1) is 0 Å². The van der Waals surface area contributed by atoms with Gasteiger partial charge in [0.2, 0.25) is 0 Å². The predicted molar refractivity (Wildman–Crippen MR) is 106 cm³/mol. The van der Waals surface area contributed by atoms with E-state index in [9.17, 15) is 13.2 Å². The van der Waals surface area contributed by atoms with Crippen molar-refractivity contribution < 1.29 is 17.6 Å². The Morgan fingerprint density at radius 3 is 2.48 bits per heavy atom. The quantitative estimate of drug-likeness (QED) is 0.555. The number of carbonyl (C=O) groups excluding carboxylic acids is 1. The van der Waals surface area contributed by atoms with Crippen molar-refractivity contribution in [1.82, 2.24) is 4.90 Å². The van der Waals surface area contributed by atoms with Crippen molar-refractivity contribution in [2.75, 3.05) is 6.54 Å². The van der Waals surface area contributed by atoms with Gasteiger partial charge in [-0.15, -0.1) is 11.3 Å². The first-order chi connectivity index (χ1) is 12.9. The highest BCUT2D eigenvalue weighted by molar-refractivity contribution is 7.90. The Bertz CT molecular complexity index is 1020. The maximum atomic E-state index is 12.7. The fourth-order valence-corrected chi connectivity index (χ4v) is 4.95. The van der Waals surface area contributed by atoms with Gasteiger partial charge >= 0.3 is 0 Å². The minimum Gasteiger partial charge on any atom is -0.455 e. The normalized spacial score (nSPS) is 11.5. The van der Waals surface area contributed by atoms with E-state index in [0.717, 1.165) is 4.88 Å². The summed E-state index contributed by atoms with van der Waals surface area (Å²) in [5, 5.41) is 0. The van der Waals surface area contributed by atoms with Crippen LogP contribution in [0.5, 0.6) is 0 Å². The number of furan rings is 1. The maximum absolute atomic E-state index is 12.7. The van der Waals surface area contributed by atoms with Crippen LogP contribution >= 0.6 is 22.9 Å². The van der Waals surface area contributed by atoms with Crippen molar-refractivity contribution in [1.29, 1.82) is 0 Å². The van der Waals surface area contributed by atoms with E-state index in [1.54, 1.807) is 29.2 Å². The van der Waals surface area contributed by atoms with Crippen LogP contribution in [-0.4, -0.2) is 25.8 Å². The number of carbonyl (C=O) groups is 1. The summed E-state index contributed by atoms with van der Waals surface area (Å²) in [5.41, 5.74) is 0. The molecule has 0 aliphatic rings. The lowest BCUT2D eigenvalue weighted by Crippen LogP contribution is -2.29. The van der Waals surface area contributed by atoms with Crippen LogP contribution in [0.1, 0.15) is 28.1 Å². The molecule has 0 unspecified atom stereocenters. The van der Waals surface area contributed by atoms with Gasteiger partial charge in [-0.2, -0.15) is 0 Å². The molecule has 0 bridgehead atoms. The third-order valence-corrected chi connectivity index (χ3v) is 6.82. The number of hydrogen-bond acceptors (Lipinski definition) is 5. The molecule has 1 aromatic carbocycles. The number of thiophene rings is 1. The van der Waals surface area contributed by atoms with E-state index in [0.29, 0.717) is 17.4 Å². The third kappa shape index (κ3) is 4.80. The Balaban J connectivity index is 1.73. The molecule has 2 aromatic heterocycles. The molecule has 0 spiro atoms. The lowest BCUT2D eigenvalue weighted by Gasteiger charge is -2.18. The molecule has 3 aromatic rings. The first-order valence-corrected chi connectivity index (χ1v) is 11.1. The van der Waals surface area contributed by atoms with Crippen LogP contribution in [0.15, 0.2) is 63.9 Å². The van der Waals surface area contributed by atoms with Crippen molar-refractivity contribution in [3.8, 4) is 0 Å². The minimum absolute atomic E-state index is 0.123. The topological polar surface area (TPSA) is 67.6 Å². The summed E-state index contributed by atoms with van der Waals surface area (Å²) in [4.78, 5) is 15.5. The van der Waals surface area contributed by atoms with Gasteiger partial charge in [0.1, 0.15) is 11.5 Å². The van der Waals surface area contributed by atoms with Crippen LogP contribution < -0.4 is 0 Å². The van der Waals surface area contributed by atoms with Gasteiger partial charge in [-0.1, -0.05) is 29.8 Å². The molecule has 0 aliphatic heterocycles. The lowest BCUT2D eigenvalue weighted by molar-refractivity contribution is 0.0720. The number of hydrogen-bond donors (Lipinski definition) is 0. The second kappa shape index (κ2) is 8.29. The fourth-order valence-electron chi connectivity index (χ4n) is 2.58. The molecule has 0 saturated heterocycles. The van der Waals surface area contributed by atoms with E-state index in [1.807, 2.05) is 13.0 Å². The van der Waals surface area contributed by atoms with Crippen LogP contribution in [0.25, 0.3) is 0 Å². The summed E-state index contributed by atoms with van der Waals surface area (Å²) in [5.74, 6) is -0.225. The Morgan fingerprint density at radius 1 is 1.11 bits per heavy atom. The predicted octanol–water partition coefficient (Wildman–Crippen LogP) is 4.63. The average molecular weight is 424 g/mol. The summed E-state index contributed by atoms with van der Waals surface area (Å²) < 4.78 is 31.1. The van der Waals surface area contributed by atoms with Gasteiger partial charge in [0, 0.05) is 11.4 Å². The van der Waals surface area contributed by atoms with E-state index in [2.05, 4.69) is 0 Å². The monoisotopic (exact) mass is 423 g/mol. The zero-order valence-corrected chi connectivity index (χ0v) is 17.0. The zero-order valence-electron chi connectivity index (χ0n) is 14.6. The first kappa shape index (κ1) is 19.7. The molecular weight excluding hydrogens is 406 g/mol. The summed E-state index contributed by atoms with van der Waals surface area (Å²) in [7, 11) is -3.53. The molecule has 0 saturated carbocycles. The highest BCUT2D eigenvalue weighted by Gasteiger charge is 2.22. The Kier molecular flexibility index (Phi) is 6.04. The van der Waals surface area contributed by atoms with Crippen LogP contribution in [0.4, 0.5) is 0 Å². The molecule has 142 valence electrons.